The van der Waals surface area contributed by atoms with Gasteiger partial charge >= 0.3 is 0 Å². The van der Waals surface area contributed by atoms with E-state index in [1.807, 2.05) is 0 Å². The van der Waals surface area contributed by atoms with Gasteiger partial charge in [0, 0.05) is 36.5 Å². The van der Waals surface area contributed by atoms with Gasteiger partial charge in [-0.25, -0.2) is 0 Å². The zero-order valence-corrected chi connectivity index (χ0v) is 15.0. The summed E-state index contributed by atoms with van der Waals surface area (Å²) in [7, 11) is 0. The molecule has 12 nitrogen and oxygen atoms in total. The minimum absolute atomic E-state index is 0.102. The van der Waals surface area contributed by atoms with Gasteiger partial charge in [-0.3, -0.25) is 45.0 Å². The zero-order chi connectivity index (χ0) is 21.4. The van der Waals surface area contributed by atoms with Crippen LogP contribution in [0, 0.1) is 0 Å². The number of benzene rings is 1. The lowest BCUT2D eigenvalue weighted by molar-refractivity contribution is -0.136. The maximum atomic E-state index is 11.9. The molecule has 150 valence electrons. The van der Waals surface area contributed by atoms with Gasteiger partial charge in [-0.2, -0.15) is 15.0 Å². The molecule has 1 aromatic carbocycles. The summed E-state index contributed by atoms with van der Waals surface area (Å²) in [6.07, 6.45) is 6.47. The van der Waals surface area contributed by atoms with Gasteiger partial charge in [-0.15, -0.1) is 0 Å². The molecule has 0 saturated heterocycles. The number of amides is 6. The Kier molecular flexibility index (Phi) is 4.35. The molecule has 0 saturated carbocycles. The summed E-state index contributed by atoms with van der Waals surface area (Å²) in [6.45, 7) is 0. The Morgan fingerprint density at radius 1 is 0.467 bits per heavy atom. The quantitative estimate of drug-likeness (QED) is 0.527. The summed E-state index contributed by atoms with van der Waals surface area (Å²) in [6, 6.07) is 4.25. The van der Waals surface area contributed by atoms with Crippen LogP contribution in [0.15, 0.2) is 54.7 Å². The van der Waals surface area contributed by atoms with Crippen LogP contribution in [0.4, 0.5) is 17.1 Å². The van der Waals surface area contributed by atoms with Crippen molar-refractivity contribution in [2.75, 3.05) is 16.3 Å². The maximum absolute atomic E-state index is 11.9. The van der Waals surface area contributed by atoms with Crippen LogP contribution in [-0.4, -0.2) is 50.5 Å². The summed E-state index contributed by atoms with van der Waals surface area (Å²) in [5.74, 6) is -3.64. The molecule has 12 heteroatoms. The van der Waals surface area contributed by atoms with Crippen LogP contribution in [0.2, 0.25) is 0 Å². The van der Waals surface area contributed by atoms with Crippen molar-refractivity contribution < 1.29 is 28.8 Å². The van der Waals surface area contributed by atoms with Gasteiger partial charge in [0.05, 0.1) is 17.1 Å². The summed E-state index contributed by atoms with van der Waals surface area (Å²) >= 11 is 0. The van der Waals surface area contributed by atoms with E-state index in [4.69, 9.17) is 0 Å². The van der Waals surface area contributed by atoms with E-state index >= 15 is 0 Å². The third kappa shape index (κ3) is 3.28. The Hall–Kier alpha value is -4.74. The fourth-order valence-corrected chi connectivity index (χ4v) is 2.71. The van der Waals surface area contributed by atoms with Crippen LogP contribution in [-0.2, 0) is 28.8 Å². The molecule has 0 radical (unpaired) electrons. The first-order chi connectivity index (χ1) is 14.3. The molecule has 0 fully saturated rings. The molecule has 0 atom stereocenters. The Morgan fingerprint density at radius 2 is 0.833 bits per heavy atom. The highest BCUT2D eigenvalue weighted by Crippen LogP contribution is 2.29. The van der Waals surface area contributed by atoms with Crippen molar-refractivity contribution in [2.24, 2.45) is 0 Å². The number of hydrogen-bond donors (Lipinski definition) is 3. The molecular weight excluding hydrogens is 396 g/mol. The van der Waals surface area contributed by atoms with Crippen molar-refractivity contribution in [1.29, 1.82) is 0 Å². The molecule has 0 spiro atoms. The number of hydrazine groups is 3. The first-order valence-electron chi connectivity index (χ1n) is 8.46. The van der Waals surface area contributed by atoms with Crippen molar-refractivity contribution in [1.82, 2.24) is 15.0 Å². The number of nitrogens with one attached hydrogen (secondary N) is 3. The first kappa shape index (κ1) is 18.6. The van der Waals surface area contributed by atoms with Gasteiger partial charge in [0.1, 0.15) is 0 Å². The van der Waals surface area contributed by atoms with E-state index in [2.05, 4.69) is 16.3 Å². The van der Waals surface area contributed by atoms with Gasteiger partial charge in [-0.05, 0) is 18.2 Å². The van der Waals surface area contributed by atoms with Crippen molar-refractivity contribution in [3.05, 3.63) is 54.7 Å². The van der Waals surface area contributed by atoms with Crippen molar-refractivity contribution in [3.8, 4) is 0 Å². The van der Waals surface area contributed by atoms with Crippen molar-refractivity contribution >= 4 is 52.5 Å². The van der Waals surface area contributed by atoms with E-state index in [0.717, 1.165) is 46.5 Å². The molecule has 3 aliphatic rings. The fraction of sp³-hybridized carbons (Fsp3) is 0. The van der Waals surface area contributed by atoms with Gasteiger partial charge in [-0.1, -0.05) is 0 Å². The van der Waals surface area contributed by atoms with Crippen LogP contribution >= 0.6 is 0 Å². The van der Waals surface area contributed by atoms with E-state index in [0.29, 0.717) is 5.01 Å². The molecule has 1 aromatic rings. The third-order valence-electron chi connectivity index (χ3n) is 4.15. The summed E-state index contributed by atoms with van der Waals surface area (Å²) in [5, 5.41) is 2.21. The lowest BCUT2D eigenvalue weighted by atomic mass is 10.2. The second kappa shape index (κ2) is 7.01. The van der Waals surface area contributed by atoms with Crippen LogP contribution in [0.1, 0.15) is 0 Å². The van der Waals surface area contributed by atoms with Crippen LogP contribution in [0.25, 0.3) is 0 Å². The van der Waals surface area contributed by atoms with Gasteiger partial charge < -0.3 is 0 Å². The Labute approximate surface area is 168 Å². The van der Waals surface area contributed by atoms with E-state index in [1.54, 1.807) is 0 Å². The number of carbonyl (C=O) groups excluding carboxylic acids is 6. The topological polar surface area (TPSA) is 148 Å². The van der Waals surface area contributed by atoms with Crippen molar-refractivity contribution in [3.63, 3.8) is 0 Å². The van der Waals surface area contributed by atoms with Crippen molar-refractivity contribution in [2.45, 2.75) is 0 Å². The third-order valence-corrected chi connectivity index (χ3v) is 4.15. The highest BCUT2D eigenvalue weighted by atomic mass is 16.2. The number of rotatable bonds is 6. The fourth-order valence-electron chi connectivity index (χ4n) is 2.71. The lowest BCUT2D eigenvalue weighted by Crippen LogP contribution is -2.38. The Morgan fingerprint density at radius 3 is 1.27 bits per heavy atom. The molecule has 3 aliphatic heterocycles. The molecule has 3 N–H and O–H groups in total. The van der Waals surface area contributed by atoms with Crippen LogP contribution in [0.5, 0.6) is 0 Å². The maximum Gasteiger partial charge on any atom is 0.272 e. The minimum atomic E-state index is -0.631. The molecule has 30 heavy (non-hydrogen) atoms. The van der Waals surface area contributed by atoms with Gasteiger partial charge in [0.2, 0.25) is 0 Å². The van der Waals surface area contributed by atoms with Crippen LogP contribution in [0.3, 0.4) is 0 Å². The predicted molar refractivity (Wildman–Crippen MR) is 100 cm³/mol. The normalized spacial score (nSPS) is 17.8. The second-order valence-electron chi connectivity index (χ2n) is 6.13. The number of carbonyl (C=O) groups is 6. The number of nitrogens with zero attached hydrogens (tertiary/aromatic N) is 3. The largest absolute Gasteiger partial charge is 0.288 e. The average Bonchev–Trinajstić information content (AvgIpc) is 3.32. The van der Waals surface area contributed by atoms with Crippen LogP contribution < -0.4 is 16.3 Å². The zero-order valence-electron chi connectivity index (χ0n) is 15.0. The van der Waals surface area contributed by atoms with Gasteiger partial charge in [0.15, 0.2) is 0 Å². The number of imide groups is 3. The highest BCUT2D eigenvalue weighted by molar-refractivity contribution is 6.15. The molecule has 4 rings (SSSR count). The SMILES string of the molecule is O=C1C=CC(=O)N1Nc1ccc(NN2C(=O)C=CC2=O)c(NN2C(=O)C=CC2=O)c1. The van der Waals surface area contributed by atoms with E-state index < -0.39 is 35.4 Å². The molecule has 3 heterocycles. The average molecular weight is 408 g/mol. The monoisotopic (exact) mass is 408 g/mol. The number of anilines is 3. The summed E-state index contributed by atoms with van der Waals surface area (Å²) in [4.78, 5) is 70.9. The molecule has 0 aliphatic carbocycles. The van der Waals surface area contributed by atoms with E-state index in [9.17, 15) is 28.8 Å². The molecule has 0 bridgehead atoms. The van der Waals surface area contributed by atoms with E-state index in [1.165, 1.54) is 18.2 Å². The van der Waals surface area contributed by atoms with E-state index in [-0.39, 0.29) is 17.1 Å². The molecule has 6 amide bonds. The first-order valence-corrected chi connectivity index (χ1v) is 8.46. The molecular formula is C18H12N6O6. The standard InChI is InChI=1S/C18H12N6O6/c25-13-3-4-14(26)22(13)19-10-1-2-11(20-23-15(27)5-6-16(23)28)12(9-10)21-24-17(29)7-8-18(24)30/h1-9,19-21H. The number of hydrogen-bond acceptors (Lipinski definition) is 9. The Bertz CT molecular complexity index is 1070. The van der Waals surface area contributed by atoms with Gasteiger partial charge in [0.25, 0.3) is 35.4 Å². The Balaban J connectivity index is 1.63. The molecule has 0 aromatic heterocycles. The minimum Gasteiger partial charge on any atom is -0.288 e. The summed E-state index contributed by atoms with van der Waals surface area (Å²) in [5.41, 5.74) is 8.32. The summed E-state index contributed by atoms with van der Waals surface area (Å²) < 4.78 is 0. The highest BCUT2D eigenvalue weighted by Gasteiger charge is 2.28. The molecule has 0 unspecified atom stereocenters. The second-order valence-corrected chi connectivity index (χ2v) is 6.13. The lowest BCUT2D eigenvalue weighted by Gasteiger charge is -2.24. The smallest absolute Gasteiger partial charge is 0.272 e. The predicted octanol–water partition coefficient (Wildman–Crippen LogP) is -0.558.